The Bertz CT molecular complexity index is 2890. The van der Waals surface area contributed by atoms with E-state index in [0.29, 0.717) is 17.5 Å². The van der Waals surface area contributed by atoms with Crippen LogP contribution in [0.5, 0.6) is 11.6 Å². The first kappa shape index (κ1) is 55.6. The van der Waals surface area contributed by atoms with Crippen LogP contribution >= 0.6 is 0 Å². The highest BCUT2D eigenvalue weighted by atomic mass is 16.5. The van der Waals surface area contributed by atoms with Gasteiger partial charge in [-0.15, -0.1) is 10.2 Å². The number of anilines is 4. The lowest BCUT2D eigenvalue weighted by Gasteiger charge is -2.29. The number of aliphatic hydroxyl groups excluding tert-OH is 1. The number of aliphatic hydroxyl groups is 1. The summed E-state index contributed by atoms with van der Waals surface area (Å²) in [7, 11) is 3.20. The van der Waals surface area contributed by atoms with Crippen molar-refractivity contribution >= 4 is 22.7 Å². The molecule has 8 aromatic rings. The molecule has 12 rings (SSSR count). The van der Waals surface area contributed by atoms with Crippen LogP contribution in [0.25, 0.3) is 45.3 Å². The molecule has 4 aliphatic rings. The molecule has 19 heteroatoms. The fraction of sp³-hybridized carbons (Fsp3) is 0.333. The molecule has 0 amide bonds. The number of hydrogen-bond acceptors (Lipinski definition) is 19. The van der Waals surface area contributed by atoms with Gasteiger partial charge in [0.2, 0.25) is 5.88 Å². The molecule has 1 unspecified atom stereocenters. The molecule has 0 aliphatic carbocycles. The third-order valence-electron chi connectivity index (χ3n) is 13.9. The quantitative estimate of drug-likeness (QED) is 0.0967. The van der Waals surface area contributed by atoms with Gasteiger partial charge in [0.05, 0.1) is 50.3 Å². The highest BCUT2D eigenvalue weighted by molar-refractivity contribution is 5.65. The van der Waals surface area contributed by atoms with Crippen LogP contribution < -0.4 is 50.3 Å². The normalized spacial score (nSPS) is 15.7. The number of nitrogens with zero attached hydrogens (tertiary/aromatic N) is 12. The maximum absolute atomic E-state index is 9.48. The van der Waals surface area contributed by atoms with Crippen LogP contribution in [0.2, 0.25) is 0 Å². The van der Waals surface area contributed by atoms with E-state index in [1.165, 1.54) is 22.7 Å². The molecule has 4 fully saturated rings. The van der Waals surface area contributed by atoms with Crippen molar-refractivity contribution in [3.63, 3.8) is 0 Å². The van der Waals surface area contributed by atoms with E-state index in [0.717, 1.165) is 150 Å². The van der Waals surface area contributed by atoms with Gasteiger partial charge in [-0.25, -0.2) is 19.9 Å². The summed E-state index contributed by atoms with van der Waals surface area (Å²) >= 11 is 0. The number of piperazine rings is 4. The molecule has 5 N–H and O–H groups in total. The summed E-state index contributed by atoms with van der Waals surface area (Å²) in [6.45, 7) is 18.5. The Hall–Kier alpha value is -8.20. The molecular formula is C60H72N16O3. The van der Waals surface area contributed by atoms with Crippen molar-refractivity contribution in [1.82, 2.24) is 61.4 Å². The molecule has 0 saturated carbocycles. The Morgan fingerprint density at radius 2 is 0.785 bits per heavy atom. The first-order chi connectivity index (χ1) is 38.9. The molecule has 410 valence electrons. The third-order valence-corrected chi connectivity index (χ3v) is 13.9. The van der Waals surface area contributed by atoms with Gasteiger partial charge in [0.1, 0.15) is 0 Å². The van der Waals surface area contributed by atoms with Gasteiger partial charge >= 0.3 is 0 Å². The molecule has 4 aromatic heterocycles. The van der Waals surface area contributed by atoms with E-state index in [9.17, 15) is 5.11 Å². The average molecular weight is 1070 g/mol. The van der Waals surface area contributed by atoms with Crippen molar-refractivity contribution in [1.29, 1.82) is 0 Å². The molecule has 8 heterocycles. The summed E-state index contributed by atoms with van der Waals surface area (Å²) in [5.74, 6) is 2.61. The Kier molecular flexibility index (Phi) is 20.4. The van der Waals surface area contributed by atoms with Crippen molar-refractivity contribution in [2.24, 2.45) is 0 Å². The lowest BCUT2D eigenvalue weighted by Crippen LogP contribution is -2.43. The molecular weight excluding hydrogens is 993 g/mol. The summed E-state index contributed by atoms with van der Waals surface area (Å²) in [4.78, 5) is 35.2. The minimum atomic E-state index is -0.533. The van der Waals surface area contributed by atoms with Crippen molar-refractivity contribution in [2.75, 3.05) is 139 Å². The topological polar surface area (TPSA) is 203 Å². The highest BCUT2D eigenvalue weighted by Crippen LogP contribution is 2.26. The Balaban J connectivity index is 0.000000128. The maximum atomic E-state index is 9.48. The second-order valence-corrected chi connectivity index (χ2v) is 19.1. The van der Waals surface area contributed by atoms with E-state index < -0.39 is 6.10 Å². The SMILES string of the molecule is CC(O)c1cnc(-c2ccc(N3CCNCC3)cc2)nc1.COc1ccc(-c2ccc(N3CCNCC3)cc2)nn1.COc1cnc(-c2ccc(N3CCNCC3)cc2)nc1.c1cnc(-c2ccc(N3CCNCC3)cc2)cn1. The fourth-order valence-electron chi connectivity index (χ4n) is 9.33. The smallest absolute Gasteiger partial charge is 0.233 e. The van der Waals surface area contributed by atoms with Crippen LogP contribution in [0.15, 0.2) is 153 Å². The van der Waals surface area contributed by atoms with Gasteiger partial charge in [0, 0.05) is 186 Å². The molecule has 79 heavy (non-hydrogen) atoms. The first-order valence-corrected chi connectivity index (χ1v) is 27.1. The van der Waals surface area contributed by atoms with Crippen LogP contribution in [-0.4, -0.2) is 164 Å². The predicted molar refractivity (Wildman–Crippen MR) is 314 cm³/mol. The largest absolute Gasteiger partial charge is 0.494 e. The maximum Gasteiger partial charge on any atom is 0.233 e. The number of nitrogens with one attached hydrogen (secondary N) is 4. The van der Waals surface area contributed by atoms with Crippen molar-refractivity contribution < 1.29 is 14.6 Å². The summed E-state index contributed by atoms with van der Waals surface area (Å²) in [5.41, 5.74) is 11.7. The molecule has 1 atom stereocenters. The minimum absolute atomic E-state index is 0.533. The van der Waals surface area contributed by atoms with Crippen LogP contribution in [0, 0.1) is 0 Å². The molecule has 19 nitrogen and oxygen atoms in total. The van der Waals surface area contributed by atoms with Gasteiger partial charge in [0.25, 0.3) is 0 Å². The van der Waals surface area contributed by atoms with Gasteiger partial charge in [-0.1, -0.05) is 24.3 Å². The number of hydrogen-bond donors (Lipinski definition) is 5. The second kappa shape index (κ2) is 29.0. The zero-order valence-electron chi connectivity index (χ0n) is 45.5. The zero-order valence-corrected chi connectivity index (χ0v) is 45.5. The van der Waals surface area contributed by atoms with Crippen molar-refractivity contribution in [3.05, 3.63) is 158 Å². The van der Waals surface area contributed by atoms with E-state index in [1.807, 2.05) is 12.1 Å². The third kappa shape index (κ3) is 16.0. The average Bonchev–Trinajstić information content (AvgIpc) is 3.56. The number of ether oxygens (including phenoxy) is 2. The zero-order chi connectivity index (χ0) is 54.4. The lowest BCUT2D eigenvalue weighted by atomic mass is 10.1. The van der Waals surface area contributed by atoms with Gasteiger partial charge in [-0.2, -0.15) is 0 Å². The molecule has 0 spiro atoms. The van der Waals surface area contributed by atoms with Crippen LogP contribution in [0.4, 0.5) is 22.7 Å². The van der Waals surface area contributed by atoms with Crippen molar-refractivity contribution in [3.8, 4) is 56.9 Å². The van der Waals surface area contributed by atoms with Gasteiger partial charge in [-0.3, -0.25) is 9.97 Å². The number of rotatable bonds is 11. The van der Waals surface area contributed by atoms with Gasteiger partial charge in [0.15, 0.2) is 17.4 Å². The van der Waals surface area contributed by atoms with Crippen LogP contribution in [0.1, 0.15) is 18.6 Å². The highest BCUT2D eigenvalue weighted by Gasteiger charge is 2.15. The van der Waals surface area contributed by atoms with E-state index in [4.69, 9.17) is 9.47 Å². The fourth-order valence-corrected chi connectivity index (χ4v) is 9.33. The molecule has 4 aliphatic heterocycles. The molecule has 4 saturated heterocycles. The first-order valence-electron chi connectivity index (χ1n) is 27.1. The Morgan fingerprint density at radius 3 is 1.11 bits per heavy atom. The van der Waals surface area contributed by atoms with Gasteiger partial charge in [-0.05, 0) is 85.8 Å². The predicted octanol–water partition coefficient (Wildman–Crippen LogP) is 6.28. The number of benzene rings is 4. The summed E-state index contributed by atoms with van der Waals surface area (Å²) in [6, 6.07) is 37.5. The number of aromatic nitrogens is 8. The van der Waals surface area contributed by atoms with E-state index in [-0.39, 0.29) is 0 Å². The summed E-state index contributed by atoms with van der Waals surface area (Å²) in [6.07, 6.45) is 11.4. The second-order valence-electron chi connectivity index (χ2n) is 19.1. The Labute approximate surface area is 463 Å². The van der Waals surface area contributed by atoms with Gasteiger partial charge < -0.3 is 55.4 Å². The molecule has 0 radical (unpaired) electrons. The molecule has 4 aromatic carbocycles. The van der Waals surface area contributed by atoms with Crippen LogP contribution in [-0.2, 0) is 0 Å². The van der Waals surface area contributed by atoms with E-state index in [1.54, 1.807) is 64.5 Å². The minimum Gasteiger partial charge on any atom is -0.494 e. The number of methoxy groups -OCH3 is 2. The monoisotopic (exact) mass is 1060 g/mol. The van der Waals surface area contributed by atoms with Crippen LogP contribution in [0.3, 0.4) is 0 Å². The summed E-state index contributed by atoms with van der Waals surface area (Å²) < 4.78 is 10.1. The standard InChI is InChI=1S/C16H20N4O.2C15H18N4O.C14H16N4/c1-12(21)14-10-18-16(19-11-14)13-2-4-15(5-3-13)20-8-6-17-7-9-20;1-20-14-10-17-15(18-11-14)12-2-4-13(5-3-12)19-8-6-16-7-9-19;1-20-15-7-6-14(17-18-15)12-2-4-13(5-3-12)19-10-8-16-9-11-19;1-3-13(18-9-7-15-8-10-18)4-2-12(1)14-11-16-5-6-17-14/h2-5,10-12,17,21H,6-9H2,1H3;2-5,10-11,16H,6-9H2,1H3;2-7,16H,8-11H2,1H3;1-6,11,15H,7-10H2. The molecule has 0 bridgehead atoms. The lowest BCUT2D eigenvalue weighted by molar-refractivity contribution is 0.198. The van der Waals surface area contributed by atoms with E-state index in [2.05, 4.69) is 178 Å². The summed E-state index contributed by atoms with van der Waals surface area (Å²) in [5, 5.41) is 31.1. The van der Waals surface area contributed by atoms with E-state index >= 15 is 0 Å². The Morgan fingerprint density at radius 1 is 0.405 bits per heavy atom. The van der Waals surface area contributed by atoms with Crippen molar-refractivity contribution in [2.45, 2.75) is 13.0 Å².